The quantitative estimate of drug-likeness (QED) is 0.761. The highest BCUT2D eigenvalue weighted by Crippen LogP contribution is 2.24. The largest absolute Gasteiger partial charge is 0.492 e. The van der Waals surface area contributed by atoms with E-state index in [1.807, 2.05) is 42.6 Å². The van der Waals surface area contributed by atoms with Gasteiger partial charge in [0.25, 0.3) is 5.91 Å². The molecule has 0 spiro atoms. The topological polar surface area (TPSA) is 67.0 Å². The zero-order chi connectivity index (χ0) is 14.7. The Bertz CT molecular complexity index is 730. The van der Waals surface area contributed by atoms with Crippen LogP contribution in [0.1, 0.15) is 22.4 Å². The molecule has 108 valence electrons. The Hall–Kier alpha value is -2.34. The first kappa shape index (κ1) is 13.6. The molecule has 3 rings (SSSR count). The zero-order valence-electron chi connectivity index (χ0n) is 11.6. The predicted molar refractivity (Wildman–Crippen MR) is 82.8 cm³/mol. The summed E-state index contributed by atoms with van der Waals surface area (Å²) in [6, 6.07) is 9.59. The van der Waals surface area contributed by atoms with Crippen molar-refractivity contribution in [2.24, 2.45) is 0 Å². The minimum absolute atomic E-state index is 0.145. The number of carbonyl (C=O) groups excluding carboxylic acids is 1. The molecule has 1 amide bonds. The lowest BCUT2D eigenvalue weighted by atomic mass is 10.3. The minimum atomic E-state index is -0.145. The molecule has 5 nitrogen and oxygen atoms in total. The fourth-order valence-electron chi connectivity index (χ4n) is 2.07. The second kappa shape index (κ2) is 5.97. The molecular formula is C15H15N3O2S. The van der Waals surface area contributed by atoms with Crippen LogP contribution in [-0.2, 0) is 6.54 Å². The molecule has 3 aromatic rings. The van der Waals surface area contributed by atoms with Crippen molar-refractivity contribution in [2.45, 2.75) is 13.5 Å². The number of aromatic nitrogens is 2. The molecule has 0 bridgehead atoms. The van der Waals surface area contributed by atoms with E-state index in [2.05, 4.69) is 15.3 Å². The fraction of sp³-hybridized carbons (Fsp3) is 0.200. The van der Waals surface area contributed by atoms with Gasteiger partial charge >= 0.3 is 0 Å². The second-order valence-electron chi connectivity index (χ2n) is 4.43. The van der Waals surface area contributed by atoms with E-state index >= 15 is 0 Å². The van der Waals surface area contributed by atoms with E-state index in [1.54, 1.807) is 0 Å². The highest BCUT2D eigenvalue weighted by molar-refractivity contribution is 7.12. The third-order valence-electron chi connectivity index (χ3n) is 2.99. The number of thiophene rings is 1. The molecule has 21 heavy (non-hydrogen) atoms. The smallest absolute Gasteiger partial charge is 0.265 e. The number of benzene rings is 1. The SMILES string of the molecule is CCOc1ccsc1C(=O)NCc1nc2ccccc2[nH]1. The number of nitrogens with one attached hydrogen (secondary N) is 2. The van der Waals surface area contributed by atoms with Gasteiger partial charge in [0.1, 0.15) is 16.5 Å². The predicted octanol–water partition coefficient (Wildman–Crippen LogP) is 2.95. The summed E-state index contributed by atoms with van der Waals surface area (Å²) in [5, 5.41) is 4.71. The van der Waals surface area contributed by atoms with Crippen molar-refractivity contribution >= 4 is 28.3 Å². The van der Waals surface area contributed by atoms with Crippen LogP contribution >= 0.6 is 11.3 Å². The van der Waals surface area contributed by atoms with Gasteiger partial charge in [-0.1, -0.05) is 12.1 Å². The first-order valence-corrected chi connectivity index (χ1v) is 7.58. The standard InChI is InChI=1S/C15H15N3O2S/c1-2-20-12-7-8-21-14(12)15(19)16-9-13-17-10-5-3-4-6-11(10)18-13/h3-8H,2,9H2,1H3,(H,16,19)(H,17,18). The Morgan fingerprint density at radius 3 is 3.05 bits per heavy atom. The van der Waals surface area contributed by atoms with Gasteiger partial charge in [0, 0.05) is 0 Å². The molecule has 2 aromatic heterocycles. The van der Waals surface area contributed by atoms with Crippen molar-refractivity contribution in [3.8, 4) is 5.75 Å². The molecule has 6 heteroatoms. The molecule has 0 saturated heterocycles. The van der Waals surface area contributed by atoms with Gasteiger partial charge in [-0.05, 0) is 30.5 Å². The molecule has 2 heterocycles. The summed E-state index contributed by atoms with van der Waals surface area (Å²) >= 11 is 1.37. The molecule has 0 radical (unpaired) electrons. The van der Waals surface area contributed by atoms with Gasteiger partial charge in [-0.25, -0.2) is 4.98 Å². The number of rotatable bonds is 5. The molecule has 0 saturated carbocycles. The van der Waals surface area contributed by atoms with Crippen LogP contribution in [0.4, 0.5) is 0 Å². The van der Waals surface area contributed by atoms with Gasteiger partial charge in [-0.3, -0.25) is 4.79 Å². The van der Waals surface area contributed by atoms with Crippen LogP contribution in [-0.4, -0.2) is 22.5 Å². The van der Waals surface area contributed by atoms with E-state index in [-0.39, 0.29) is 5.91 Å². The molecule has 0 unspecified atom stereocenters. The maximum atomic E-state index is 12.2. The Morgan fingerprint density at radius 1 is 1.38 bits per heavy atom. The molecule has 0 aliphatic carbocycles. The number of fused-ring (bicyclic) bond motifs is 1. The van der Waals surface area contributed by atoms with Gasteiger partial charge in [0.05, 0.1) is 24.2 Å². The van der Waals surface area contributed by atoms with Gasteiger partial charge in [-0.2, -0.15) is 0 Å². The van der Waals surface area contributed by atoms with E-state index in [9.17, 15) is 4.79 Å². The van der Waals surface area contributed by atoms with Gasteiger partial charge in [-0.15, -0.1) is 11.3 Å². The first-order chi connectivity index (χ1) is 10.3. The van der Waals surface area contributed by atoms with Crippen molar-refractivity contribution in [3.63, 3.8) is 0 Å². The minimum Gasteiger partial charge on any atom is -0.492 e. The second-order valence-corrected chi connectivity index (χ2v) is 5.35. The Kier molecular flexibility index (Phi) is 3.87. The van der Waals surface area contributed by atoms with Crippen LogP contribution in [0.3, 0.4) is 0 Å². The highest BCUT2D eigenvalue weighted by Gasteiger charge is 2.14. The van der Waals surface area contributed by atoms with E-state index in [0.717, 1.165) is 16.9 Å². The maximum absolute atomic E-state index is 12.2. The van der Waals surface area contributed by atoms with Crippen molar-refractivity contribution in [1.29, 1.82) is 0 Å². The van der Waals surface area contributed by atoms with Crippen molar-refractivity contribution in [3.05, 3.63) is 46.4 Å². The number of carbonyl (C=O) groups is 1. The van der Waals surface area contributed by atoms with Crippen molar-refractivity contribution in [2.75, 3.05) is 6.61 Å². The summed E-state index contributed by atoms with van der Waals surface area (Å²) in [5.74, 6) is 1.22. The number of ether oxygens (including phenoxy) is 1. The Balaban J connectivity index is 1.69. The van der Waals surface area contributed by atoms with E-state index in [0.29, 0.717) is 23.8 Å². The van der Waals surface area contributed by atoms with Crippen molar-refractivity contribution in [1.82, 2.24) is 15.3 Å². The lowest BCUT2D eigenvalue weighted by Gasteiger charge is -2.05. The Labute approximate surface area is 126 Å². The molecule has 0 aliphatic rings. The van der Waals surface area contributed by atoms with E-state index in [1.165, 1.54) is 11.3 Å². The number of H-pyrrole nitrogens is 1. The third-order valence-corrected chi connectivity index (χ3v) is 3.88. The number of imidazole rings is 1. The molecule has 0 fully saturated rings. The van der Waals surface area contributed by atoms with Crippen LogP contribution < -0.4 is 10.1 Å². The summed E-state index contributed by atoms with van der Waals surface area (Å²) in [7, 11) is 0. The third kappa shape index (κ3) is 2.90. The van der Waals surface area contributed by atoms with Crippen LogP contribution in [0.25, 0.3) is 11.0 Å². The monoisotopic (exact) mass is 301 g/mol. The number of hydrogen-bond donors (Lipinski definition) is 2. The molecular weight excluding hydrogens is 286 g/mol. The summed E-state index contributed by atoms with van der Waals surface area (Å²) in [4.78, 5) is 20.4. The number of amides is 1. The summed E-state index contributed by atoms with van der Waals surface area (Å²) in [5.41, 5.74) is 1.86. The first-order valence-electron chi connectivity index (χ1n) is 6.70. The lowest BCUT2D eigenvalue weighted by Crippen LogP contribution is -2.23. The number of nitrogens with zero attached hydrogens (tertiary/aromatic N) is 1. The number of para-hydroxylation sites is 2. The van der Waals surface area contributed by atoms with Crippen LogP contribution in [0.2, 0.25) is 0 Å². The molecule has 2 N–H and O–H groups in total. The maximum Gasteiger partial charge on any atom is 0.265 e. The van der Waals surface area contributed by atoms with Gasteiger partial charge in [0.15, 0.2) is 0 Å². The van der Waals surface area contributed by atoms with Crippen LogP contribution in [0.5, 0.6) is 5.75 Å². The molecule has 0 atom stereocenters. The van der Waals surface area contributed by atoms with Gasteiger partial charge < -0.3 is 15.0 Å². The fourth-order valence-corrected chi connectivity index (χ4v) is 2.82. The average Bonchev–Trinajstić information content (AvgIpc) is 3.11. The highest BCUT2D eigenvalue weighted by atomic mass is 32.1. The Morgan fingerprint density at radius 2 is 2.24 bits per heavy atom. The van der Waals surface area contributed by atoms with Crippen LogP contribution in [0, 0.1) is 0 Å². The van der Waals surface area contributed by atoms with Crippen molar-refractivity contribution < 1.29 is 9.53 Å². The lowest BCUT2D eigenvalue weighted by molar-refractivity contribution is 0.0950. The zero-order valence-corrected chi connectivity index (χ0v) is 12.4. The summed E-state index contributed by atoms with van der Waals surface area (Å²) < 4.78 is 5.42. The summed E-state index contributed by atoms with van der Waals surface area (Å²) in [6.07, 6.45) is 0. The van der Waals surface area contributed by atoms with E-state index in [4.69, 9.17) is 4.74 Å². The number of aromatic amines is 1. The average molecular weight is 301 g/mol. The van der Waals surface area contributed by atoms with Gasteiger partial charge in [0.2, 0.25) is 0 Å². The molecule has 1 aromatic carbocycles. The summed E-state index contributed by atoms with van der Waals surface area (Å²) in [6.45, 7) is 2.80. The normalized spacial score (nSPS) is 10.7. The van der Waals surface area contributed by atoms with E-state index < -0.39 is 0 Å². The van der Waals surface area contributed by atoms with Crippen LogP contribution in [0.15, 0.2) is 35.7 Å². The number of hydrogen-bond acceptors (Lipinski definition) is 4. The molecule has 0 aliphatic heterocycles.